The molecule has 3 heteroatoms. The van der Waals surface area contributed by atoms with Crippen LogP contribution in [0.3, 0.4) is 0 Å². The Morgan fingerprint density at radius 1 is 1.03 bits per heavy atom. The Morgan fingerprint density at radius 3 is 2.63 bits per heavy atom. The van der Waals surface area contributed by atoms with Crippen molar-refractivity contribution in [3.63, 3.8) is 0 Å². The Kier molecular flexibility index (Phi) is 4.29. The predicted molar refractivity (Wildman–Crippen MR) is 119 cm³/mol. The highest BCUT2D eigenvalue weighted by Crippen LogP contribution is 2.70. The Hall–Kier alpha value is -0.670. The van der Waals surface area contributed by atoms with Gasteiger partial charge in [0.05, 0.1) is 6.10 Å². The molecule has 3 nitrogen and oxygen atoms in total. The van der Waals surface area contributed by atoms with Crippen LogP contribution >= 0.6 is 0 Å². The summed E-state index contributed by atoms with van der Waals surface area (Å²) in [7, 11) is 0. The van der Waals surface area contributed by atoms with Gasteiger partial charge in [-0.2, -0.15) is 0 Å². The third-order valence-electron chi connectivity index (χ3n) is 11.4. The van der Waals surface area contributed by atoms with Crippen LogP contribution in [0.1, 0.15) is 85.5 Å². The number of ether oxygens (including phenoxy) is 1. The van der Waals surface area contributed by atoms with Crippen molar-refractivity contribution in [2.24, 2.45) is 46.3 Å². The second-order valence-corrected chi connectivity index (χ2v) is 12.6. The molecule has 0 bridgehead atoms. The minimum absolute atomic E-state index is 0.0507. The van der Waals surface area contributed by atoms with Gasteiger partial charge in [-0.05, 0) is 97.9 Å². The van der Waals surface area contributed by atoms with Gasteiger partial charge in [0.2, 0.25) is 0 Å². The van der Waals surface area contributed by atoms with Crippen LogP contribution in [0.15, 0.2) is 11.6 Å². The zero-order valence-electron chi connectivity index (χ0n) is 19.5. The summed E-state index contributed by atoms with van der Waals surface area (Å²) in [6.45, 7) is 11.1. The van der Waals surface area contributed by atoms with E-state index in [0.29, 0.717) is 29.1 Å². The summed E-state index contributed by atoms with van der Waals surface area (Å²) in [5.74, 6) is 4.89. The average Bonchev–Trinajstić information content (AvgIpc) is 3.16. The second-order valence-electron chi connectivity index (χ2n) is 12.6. The lowest BCUT2D eigenvalue weighted by molar-refractivity contribution is -0.120. The molecule has 6 aliphatic rings. The molecule has 0 aromatic rings. The zero-order valence-corrected chi connectivity index (χ0v) is 19.5. The fourth-order valence-electron chi connectivity index (χ4n) is 9.76. The van der Waals surface area contributed by atoms with Crippen LogP contribution < -0.4 is 5.32 Å². The number of hydrogen-bond donors (Lipinski definition) is 1. The lowest BCUT2D eigenvalue weighted by Gasteiger charge is -2.58. The molecule has 10 atom stereocenters. The van der Waals surface area contributed by atoms with Gasteiger partial charge in [-0.15, -0.1) is 0 Å². The van der Waals surface area contributed by atoms with Crippen molar-refractivity contribution in [1.82, 2.24) is 5.32 Å². The molecule has 30 heavy (non-hydrogen) atoms. The zero-order chi connectivity index (χ0) is 20.9. The molecule has 1 spiro atoms. The standard InChI is InChI=1S/C27H41NO2/c1-16-7-12-27(28-15-16)17(2)24-23(30-27)14-22-20-6-5-18-13-19(29)8-10-25(18,3)21(20)9-11-26(22,24)4/h13,16-17,20-24,28H,5-12,14-15H2,1-4H3/t16-,17-,20-,21+,22+,23+,24+,25+,26+,27+/m1/s1. The first-order chi connectivity index (χ1) is 14.3. The summed E-state index contributed by atoms with van der Waals surface area (Å²) in [5, 5.41) is 3.88. The summed E-state index contributed by atoms with van der Waals surface area (Å²) in [5.41, 5.74) is 2.16. The quantitative estimate of drug-likeness (QED) is 0.572. The third-order valence-corrected chi connectivity index (χ3v) is 11.4. The number of carbonyl (C=O) groups is 1. The normalized spacial score (nSPS) is 57.4. The molecule has 0 aromatic heterocycles. The molecule has 2 heterocycles. The number of carbonyl (C=O) groups excluding carboxylic acids is 1. The Bertz CT molecular complexity index is 780. The van der Waals surface area contributed by atoms with E-state index in [4.69, 9.17) is 4.74 Å². The van der Waals surface area contributed by atoms with Crippen LogP contribution in [0.4, 0.5) is 0 Å². The van der Waals surface area contributed by atoms with Gasteiger partial charge < -0.3 is 4.74 Å². The molecule has 166 valence electrons. The molecule has 3 saturated carbocycles. The number of hydrogen-bond acceptors (Lipinski definition) is 3. The number of allylic oxidation sites excluding steroid dienone is 1. The highest BCUT2D eigenvalue weighted by Gasteiger charge is 2.68. The number of nitrogens with one attached hydrogen (secondary N) is 1. The van der Waals surface area contributed by atoms with Gasteiger partial charge in [0.15, 0.2) is 5.78 Å². The lowest BCUT2D eigenvalue weighted by Crippen LogP contribution is -2.57. The van der Waals surface area contributed by atoms with Gasteiger partial charge in [-0.25, -0.2) is 0 Å². The summed E-state index contributed by atoms with van der Waals surface area (Å²) in [6.07, 6.45) is 13.3. The molecule has 0 amide bonds. The highest BCUT2D eigenvalue weighted by atomic mass is 16.5. The summed E-state index contributed by atoms with van der Waals surface area (Å²) >= 11 is 0. The van der Waals surface area contributed by atoms with E-state index >= 15 is 0 Å². The number of fused-ring (bicyclic) bond motifs is 7. The van der Waals surface area contributed by atoms with E-state index in [9.17, 15) is 4.79 Å². The Labute approximate surface area is 182 Å². The minimum atomic E-state index is -0.0507. The van der Waals surface area contributed by atoms with E-state index in [1.54, 1.807) is 0 Å². The molecule has 2 saturated heterocycles. The van der Waals surface area contributed by atoms with Crippen molar-refractivity contribution in [3.05, 3.63) is 11.6 Å². The largest absolute Gasteiger partial charge is 0.357 e. The highest BCUT2D eigenvalue weighted by molar-refractivity contribution is 5.91. The van der Waals surface area contributed by atoms with Crippen molar-refractivity contribution in [2.75, 3.05) is 6.54 Å². The number of ketones is 1. The van der Waals surface area contributed by atoms with E-state index in [1.165, 1.54) is 44.1 Å². The molecule has 0 radical (unpaired) electrons. The molecular formula is C27H41NO2. The fraction of sp³-hybridized carbons (Fsp3) is 0.889. The summed E-state index contributed by atoms with van der Waals surface area (Å²) in [4.78, 5) is 12.1. The monoisotopic (exact) mass is 411 g/mol. The van der Waals surface area contributed by atoms with E-state index < -0.39 is 0 Å². The van der Waals surface area contributed by atoms with Crippen molar-refractivity contribution < 1.29 is 9.53 Å². The van der Waals surface area contributed by atoms with Gasteiger partial charge in [0.1, 0.15) is 5.72 Å². The number of rotatable bonds is 0. The minimum Gasteiger partial charge on any atom is -0.357 e. The van der Waals surface area contributed by atoms with E-state index in [2.05, 4.69) is 33.0 Å². The molecule has 0 unspecified atom stereocenters. The maximum absolute atomic E-state index is 12.1. The van der Waals surface area contributed by atoms with Crippen LogP contribution in [-0.4, -0.2) is 24.2 Å². The molecular weight excluding hydrogens is 370 g/mol. The van der Waals surface area contributed by atoms with Crippen LogP contribution in [0, 0.1) is 46.3 Å². The first-order valence-corrected chi connectivity index (χ1v) is 12.9. The topological polar surface area (TPSA) is 38.3 Å². The van der Waals surface area contributed by atoms with Crippen LogP contribution in [0.5, 0.6) is 0 Å². The van der Waals surface area contributed by atoms with E-state index in [-0.39, 0.29) is 11.1 Å². The van der Waals surface area contributed by atoms with Crippen LogP contribution in [-0.2, 0) is 9.53 Å². The smallest absolute Gasteiger partial charge is 0.155 e. The van der Waals surface area contributed by atoms with Gasteiger partial charge in [0, 0.05) is 18.9 Å². The Morgan fingerprint density at radius 2 is 1.87 bits per heavy atom. The van der Waals surface area contributed by atoms with Crippen molar-refractivity contribution in [2.45, 2.75) is 97.3 Å². The summed E-state index contributed by atoms with van der Waals surface area (Å²) < 4.78 is 6.99. The predicted octanol–water partition coefficient (Wildman–Crippen LogP) is 5.50. The van der Waals surface area contributed by atoms with Crippen LogP contribution in [0.25, 0.3) is 0 Å². The van der Waals surface area contributed by atoms with Gasteiger partial charge in [-0.1, -0.05) is 33.3 Å². The maximum atomic E-state index is 12.1. The second kappa shape index (κ2) is 6.44. The molecule has 6 rings (SSSR count). The van der Waals surface area contributed by atoms with E-state index in [1.807, 2.05) is 6.08 Å². The van der Waals surface area contributed by atoms with Gasteiger partial charge >= 0.3 is 0 Å². The molecule has 0 aromatic carbocycles. The van der Waals surface area contributed by atoms with Gasteiger partial charge in [0.25, 0.3) is 0 Å². The molecule has 1 N–H and O–H groups in total. The third kappa shape index (κ3) is 2.48. The van der Waals surface area contributed by atoms with E-state index in [0.717, 1.165) is 49.5 Å². The SMILES string of the molecule is C[C@@H]1CC[C@]2(NC1)O[C@H]1C[C@H]3[C@@H]4CCC5=CC(=O)CC[C@]5(C)[C@H]4CC[C@]3(C)[C@H]1[C@H]2C. The summed E-state index contributed by atoms with van der Waals surface area (Å²) in [6, 6.07) is 0. The van der Waals surface area contributed by atoms with Gasteiger partial charge in [-0.3, -0.25) is 10.1 Å². The number of piperidine rings is 1. The maximum Gasteiger partial charge on any atom is 0.155 e. The fourth-order valence-corrected chi connectivity index (χ4v) is 9.76. The average molecular weight is 412 g/mol. The first kappa shape index (κ1) is 20.0. The molecule has 2 aliphatic heterocycles. The van der Waals surface area contributed by atoms with Crippen molar-refractivity contribution in [1.29, 1.82) is 0 Å². The van der Waals surface area contributed by atoms with Crippen LogP contribution in [0.2, 0.25) is 0 Å². The Balaban J connectivity index is 1.28. The lowest BCUT2D eigenvalue weighted by atomic mass is 9.46. The van der Waals surface area contributed by atoms with Crippen molar-refractivity contribution in [3.8, 4) is 0 Å². The molecule has 4 aliphatic carbocycles. The molecule has 5 fully saturated rings. The first-order valence-electron chi connectivity index (χ1n) is 12.9. The van der Waals surface area contributed by atoms with Crippen molar-refractivity contribution >= 4 is 5.78 Å².